The van der Waals surface area contributed by atoms with Crippen LogP contribution in [0.4, 0.5) is 5.69 Å². The minimum atomic E-state index is 0.374. The summed E-state index contributed by atoms with van der Waals surface area (Å²) in [5.74, 6) is 0. The van der Waals surface area contributed by atoms with E-state index in [9.17, 15) is 0 Å². The summed E-state index contributed by atoms with van der Waals surface area (Å²) < 4.78 is 5.95. The van der Waals surface area contributed by atoms with E-state index in [0.717, 1.165) is 13.2 Å². The maximum atomic E-state index is 5.95. The van der Waals surface area contributed by atoms with E-state index in [-0.39, 0.29) is 0 Å². The minimum absolute atomic E-state index is 0.374. The maximum Gasteiger partial charge on any atom is 0.0750 e. The Morgan fingerprint density at radius 3 is 2.41 bits per heavy atom. The minimum Gasteiger partial charge on any atom is -0.376 e. The van der Waals surface area contributed by atoms with Gasteiger partial charge in [-0.25, -0.2) is 0 Å². The molecule has 1 spiro atoms. The van der Waals surface area contributed by atoms with Crippen LogP contribution in [0.5, 0.6) is 0 Å². The van der Waals surface area contributed by atoms with Gasteiger partial charge in [0.1, 0.15) is 0 Å². The lowest BCUT2D eigenvalue weighted by Crippen LogP contribution is -2.47. The van der Waals surface area contributed by atoms with Crippen molar-refractivity contribution in [1.29, 1.82) is 0 Å². The molecule has 4 aliphatic rings. The van der Waals surface area contributed by atoms with Gasteiger partial charge >= 0.3 is 0 Å². The van der Waals surface area contributed by atoms with Crippen LogP contribution in [0.15, 0.2) is 24.3 Å². The second-order valence-electron chi connectivity index (χ2n) is 9.20. The van der Waals surface area contributed by atoms with E-state index < -0.39 is 0 Å². The Balaban J connectivity index is 1.23. The second-order valence-corrected chi connectivity index (χ2v) is 9.20. The Morgan fingerprint density at radius 2 is 1.67 bits per heavy atom. The highest BCUT2D eigenvalue weighted by Crippen LogP contribution is 2.47. The molecule has 0 aromatic heterocycles. The quantitative estimate of drug-likeness (QED) is 0.794. The first-order valence-corrected chi connectivity index (χ1v) is 11.2. The standard InChI is InChI=1S/C23H35N3O/c1-2-8-22-21(7-1)23(19-26(22)18-20-6-5-17-27-20)9-13-25(14-10-23)16-15-24-11-3-4-12-24/h1-2,7-8,20H,3-6,9-19H2. The normalized spacial score (nSPS) is 28.3. The lowest BCUT2D eigenvalue weighted by atomic mass is 9.74. The molecule has 0 radical (unpaired) electrons. The number of para-hydroxylation sites is 1. The second kappa shape index (κ2) is 7.73. The molecule has 1 atom stereocenters. The third-order valence-corrected chi connectivity index (χ3v) is 7.50. The van der Waals surface area contributed by atoms with E-state index in [4.69, 9.17) is 4.74 Å². The largest absolute Gasteiger partial charge is 0.376 e. The molecule has 4 aliphatic heterocycles. The number of likely N-dealkylation sites (tertiary alicyclic amines) is 2. The SMILES string of the molecule is c1ccc2c(c1)N(CC1CCCO1)CC21CCN(CCN2CCCC2)CC1. The zero-order valence-corrected chi connectivity index (χ0v) is 16.7. The van der Waals surface area contributed by atoms with Crippen LogP contribution in [0.3, 0.4) is 0 Å². The summed E-state index contributed by atoms with van der Waals surface area (Å²) in [5.41, 5.74) is 3.47. The predicted molar refractivity (Wildman–Crippen MR) is 111 cm³/mol. The van der Waals surface area contributed by atoms with E-state index in [0.29, 0.717) is 11.5 Å². The van der Waals surface area contributed by atoms with E-state index in [1.54, 1.807) is 5.56 Å². The van der Waals surface area contributed by atoms with Crippen LogP contribution in [-0.4, -0.2) is 74.9 Å². The van der Waals surface area contributed by atoms with Gasteiger partial charge in [0.25, 0.3) is 0 Å². The van der Waals surface area contributed by atoms with Crippen LogP contribution in [0.25, 0.3) is 0 Å². The first-order valence-electron chi connectivity index (χ1n) is 11.2. The number of benzene rings is 1. The summed E-state index contributed by atoms with van der Waals surface area (Å²) in [4.78, 5) is 8.01. The van der Waals surface area contributed by atoms with Crippen molar-refractivity contribution < 1.29 is 4.74 Å². The predicted octanol–water partition coefficient (Wildman–Crippen LogP) is 3.12. The fraction of sp³-hybridized carbons (Fsp3) is 0.739. The molecular weight excluding hydrogens is 334 g/mol. The van der Waals surface area contributed by atoms with Gasteiger partial charge in [-0.1, -0.05) is 18.2 Å². The van der Waals surface area contributed by atoms with Crippen LogP contribution in [0.2, 0.25) is 0 Å². The zero-order chi connectivity index (χ0) is 18.1. The van der Waals surface area contributed by atoms with Gasteiger partial charge < -0.3 is 19.4 Å². The van der Waals surface area contributed by atoms with E-state index in [2.05, 4.69) is 39.0 Å². The molecule has 1 aromatic rings. The van der Waals surface area contributed by atoms with Gasteiger partial charge in [-0.3, -0.25) is 0 Å². The van der Waals surface area contributed by atoms with E-state index in [1.165, 1.54) is 90.0 Å². The van der Waals surface area contributed by atoms with E-state index >= 15 is 0 Å². The summed E-state index contributed by atoms with van der Waals surface area (Å²) in [6.07, 6.45) is 8.33. The maximum absolute atomic E-state index is 5.95. The van der Waals surface area contributed by atoms with Gasteiger partial charge in [-0.15, -0.1) is 0 Å². The van der Waals surface area contributed by atoms with E-state index in [1.807, 2.05) is 0 Å². The van der Waals surface area contributed by atoms with Crippen LogP contribution in [-0.2, 0) is 10.2 Å². The number of anilines is 1. The molecular formula is C23H35N3O. The molecule has 0 aliphatic carbocycles. The first-order chi connectivity index (χ1) is 13.3. The van der Waals surface area contributed by atoms with Crippen molar-refractivity contribution in [3.8, 4) is 0 Å². The lowest BCUT2D eigenvalue weighted by Gasteiger charge is -2.40. The van der Waals surface area contributed by atoms with Crippen molar-refractivity contribution in [3.05, 3.63) is 29.8 Å². The molecule has 1 unspecified atom stereocenters. The summed E-state index contributed by atoms with van der Waals surface area (Å²) in [7, 11) is 0. The third kappa shape index (κ3) is 3.64. The van der Waals surface area contributed by atoms with Gasteiger partial charge in [0.05, 0.1) is 6.10 Å². The smallest absolute Gasteiger partial charge is 0.0750 e. The topological polar surface area (TPSA) is 19.0 Å². The average molecular weight is 370 g/mol. The van der Waals surface area contributed by atoms with Gasteiger partial charge in [-0.05, 0) is 76.3 Å². The highest BCUT2D eigenvalue weighted by Gasteiger charge is 2.44. The van der Waals surface area contributed by atoms with Crippen LogP contribution < -0.4 is 4.90 Å². The van der Waals surface area contributed by atoms with Gasteiger partial charge in [0.2, 0.25) is 0 Å². The highest BCUT2D eigenvalue weighted by molar-refractivity contribution is 5.63. The van der Waals surface area contributed by atoms with Gasteiger partial charge in [-0.2, -0.15) is 0 Å². The molecule has 1 aromatic carbocycles. The number of rotatable bonds is 5. The molecule has 3 fully saturated rings. The number of piperidine rings is 1. The molecule has 4 heteroatoms. The average Bonchev–Trinajstić information content (AvgIpc) is 3.45. The fourth-order valence-electron chi connectivity index (χ4n) is 5.85. The van der Waals surface area contributed by atoms with Crippen LogP contribution >= 0.6 is 0 Å². The molecule has 27 heavy (non-hydrogen) atoms. The molecule has 4 heterocycles. The Labute approximate surface area is 164 Å². The molecule has 0 amide bonds. The van der Waals surface area contributed by atoms with Crippen molar-refractivity contribution in [2.75, 3.05) is 63.9 Å². The third-order valence-electron chi connectivity index (χ3n) is 7.50. The fourth-order valence-corrected chi connectivity index (χ4v) is 5.85. The molecule has 3 saturated heterocycles. The molecule has 0 saturated carbocycles. The first kappa shape index (κ1) is 18.0. The number of ether oxygens (including phenoxy) is 1. The number of fused-ring (bicyclic) bond motifs is 2. The summed E-state index contributed by atoms with van der Waals surface area (Å²) in [5, 5.41) is 0. The van der Waals surface area contributed by atoms with Crippen molar-refractivity contribution >= 4 is 5.69 Å². The van der Waals surface area contributed by atoms with Crippen LogP contribution in [0, 0.1) is 0 Å². The Kier molecular flexibility index (Phi) is 5.14. The monoisotopic (exact) mass is 369 g/mol. The van der Waals surface area contributed by atoms with Crippen LogP contribution in [0.1, 0.15) is 44.1 Å². The number of hydrogen-bond acceptors (Lipinski definition) is 4. The number of hydrogen-bond donors (Lipinski definition) is 0. The molecule has 148 valence electrons. The molecule has 4 nitrogen and oxygen atoms in total. The summed E-state index contributed by atoms with van der Waals surface area (Å²) in [6.45, 7) is 10.9. The summed E-state index contributed by atoms with van der Waals surface area (Å²) >= 11 is 0. The zero-order valence-electron chi connectivity index (χ0n) is 16.7. The number of nitrogens with zero attached hydrogens (tertiary/aromatic N) is 3. The van der Waals surface area contributed by atoms with Crippen molar-refractivity contribution in [2.24, 2.45) is 0 Å². The van der Waals surface area contributed by atoms with Crippen molar-refractivity contribution in [2.45, 2.75) is 50.0 Å². The molecule has 0 bridgehead atoms. The highest BCUT2D eigenvalue weighted by atomic mass is 16.5. The van der Waals surface area contributed by atoms with Gasteiger partial charge in [0.15, 0.2) is 0 Å². The lowest BCUT2D eigenvalue weighted by molar-refractivity contribution is 0.113. The molecule has 5 rings (SSSR count). The van der Waals surface area contributed by atoms with Crippen molar-refractivity contribution in [3.63, 3.8) is 0 Å². The van der Waals surface area contributed by atoms with Gasteiger partial charge in [0, 0.05) is 43.9 Å². The Morgan fingerprint density at radius 1 is 0.926 bits per heavy atom. The Hall–Kier alpha value is -1.10. The van der Waals surface area contributed by atoms with Crippen molar-refractivity contribution in [1.82, 2.24) is 9.80 Å². The molecule has 0 N–H and O–H groups in total. The summed E-state index contributed by atoms with van der Waals surface area (Å²) in [6, 6.07) is 9.21. The Bertz CT molecular complexity index is 628.